The van der Waals surface area contributed by atoms with Crippen LogP contribution in [0.1, 0.15) is 24.6 Å². The fourth-order valence-electron chi connectivity index (χ4n) is 1.80. The number of aromatic nitrogens is 4. The van der Waals surface area contributed by atoms with Crippen molar-refractivity contribution in [2.45, 2.75) is 25.8 Å². The van der Waals surface area contributed by atoms with Gasteiger partial charge in [-0.3, -0.25) is 0 Å². The van der Waals surface area contributed by atoms with Crippen molar-refractivity contribution in [1.82, 2.24) is 19.7 Å². The van der Waals surface area contributed by atoms with Crippen LogP contribution in [0.4, 0.5) is 0 Å². The van der Waals surface area contributed by atoms with Crippen LogP contribution in [-0.4, -0.2) is 19.7 Å². The lowest BCUT2D eigenvalue weighted by Gasteiger charge is -2.07. The zero-order chi connectivity index (χ0) is 11.1. The summed E-state index contributed by atoms with van der Waals surface area (Å²) >= 11 is 6.06. The first kappa shape index (κ1) is 9.78. The smallest absolute Gasteiger partial charge is 0.162 e. The number of nitrogens with zero attached hydrogens (tertiary/aromatic N) is 4. The molecule has 2 aromatic rings. The molecule has 3 rings (SSSR count). The molecule has 0 amide bonds. The normalized spacial score (nSPS) is 15.4. The molecular formula is C11H11ClN4. The summed E-state index contributed by atoms with van der Waals surface area (Å²) in [4.78, 5) is 4.36. The van der Waals surface area contributed by atoms with Gasteiger partial charge in [-0.05, 0) is 25.8 Å². The van der Waals surface area contributed by atoms with E-state index in [1.807, 2.05) is 19.2 Å². The molecule has 16 heavy (non-hydrogen) atoms. The number of hydrogen-bond donors (Lipinski definition) is 0. The topological polar surface area (TPSA) is 43.6 Å². The van der Waals surface area contributed by atoms with E-state index in [-0.39, 0.29) is 0 Å². The largest absolute Gasteiger partial charge is 0.328 e. The third-order valence-corrected chi connectivity index (χ3v) is 3.00. The lowest BCUT2D eigenvalue weighted by Crippen LogP contribution is -1.99. The van der Waals surface area contributed by atoms with Crippen molar-refractivity contribution in [3.63, 3.8) is 0 Å². The summed E-state index contributed by atoms with van der Waals surface area (Å²) in [6.45, 7) is 1.90. The predicted octanol–water partition coefficient (Wildman–Crippen LogP) is 2.64. The maximum absolute atomic E-state index is 6.06. The van der Waals surface area contributed by atoms with Crippen molar-refractivity contribution in [3.8, 4) is 11.4 Å². The van der Waals surface area contributed by atoms with Crippen LogP contribution in [0.5, 0.6) is 0 Å². The molecule has 1 aliphatic rings. The molecule has 0 radical (unpaired) electrons. The molecule has 1 fully saturated rings. The van der Waals surface area contributed by atoms with Gasteiger partial charge in [-0.2, -0.15) is 5.10 Å². The third-order valence-electron chi connectivity index (χ3n) is 2.72. The van der Waals surface area contributed by atoms with E-state index in [0.717, 1.165) is 17.1 Å². The van der Waals surface area contributed by atoms with Crippen molar-refractivity contribution < 1.29 is 0 Å². The van der Waals surface area contributed by atoms with Crippen LogP contribution >= 0.6 is 11.6 Å². The van der Waals surface area contributed by atoms with Gasteiger partial charge in [0.25, 0.3) is 0 Å². The summed E-state index contributed by atoms with van der Waals surface area (Å²) in [5, 5.41) is 8.25. The monoisotopic (exact) mass is 234 g/mol. The summed E-state index contributed by atoms with van der Waals surface area (Å²) in [5.41, 5.74) is 1.72. The maximum Gasteiger partial charge on any atom is 0.162 e. The number of halogens is 1. The molecule has 1 saturated carbocycles. The number of rotatable bonds is 2. The molecular weight excluding hydrogens is 224 g/mol. The Bertz CT molecular complexity index is 531. The van der Waals surface area contributed by atoms with Gasteiger partial charge >= 0.3 is 0 Å². The molecule has 0 spiro atoms. The van der Waals surface area contributed by atoms with Crippen LogP contribution in [0.25, 0.3) is 11.4 Å². The molecule has 4 nitrogen and oxygen atoms in total. The summed E-state index contributed by atoms with van der Waals surface area (Å²) in [6.07, 6.45) is 6.25. The molecule has 5 heteroatoms. The Balaban J connectivity index is 2.13. The minimum absolute atomic E-state index is 0.415. The first-order valence-corrected chi connectivity index (χ1v) is 5.66. The first-order chi connectivity index (χ1) is 7.75. The van der Waals surface area contributed by atoms with Gasteiger partial charge in [0.2, 0.25) is 0 Å². The van der Waals surface area contributed by atoms with Gasteiger partial charge < -0.3 is 4.57 Å². The molecule has 1 aliphatic carbocycles. The van der Waals surface area contributed by atoms with Crippen LogP contribution in [0.2, 0.25) is 5.15 Å². The Labute approximate surface area is 98.3 Å². The molecule has 0 unspecified atom stereocenters. The Morgan fingerprint density at radius 1 is 1.38 bits per heavy atom. The fraction of sp³-hybridized carbons (Fsp3) is 0.364. The van der Waals surface area contributed by atoms with E-state index in [1.54, 1.807) is 6.20 Å². The zero-order valence-electron chi connectivity index (χ0n) is 8.89. The lowest BCUT2D eigenvalue weighted by atomic mass is 10.2. The molecule has 0 bridgehead atoms. The first-order valence-electron chi connectivity index (χ1n) is 5.29. The summed E-state index contributed by atoms with van der Waals surface area (Å²) < 4.78 is 2.17. The Kier molecular flexibility index (Phi) is 2.17. The third kappa shape index (κ3) is 1.59. The van der Waals surface area contributed by atoms with Gasteiger partial charge in [-0.25, -0.2) is 4.98 Å². The van der Waals surface area contributed by atoms with Gasteiger partial charge in [-0.15, -0.1) is 5.10 Å². The highest BCUT2D eigenvalue weighted by molar-refractivity contribution is 6.31. The Morgan fingerprint density at radius 2 is 2.19 bits per heavy atom. The highest BCUT2D eigenvalue weighted by atomic mass is 35.5. The SMILES string of the molecule is Cc1cc(-c2nccn2C2CC2)c(Cl)nn1. The molecule has 0 aromatic carbocycles. The van der Waals surface area contributed by atoms with Crippen LogP contribution in [0.15, 0.2) is 18.5 Å². The van der Waals surface area contributed by atoms with E-state index < -0.39 is 0 Å². The molecule has 2 heterocycles. The van der Waals surface area contributed by atoms with E-state index in [1.165, 1.54) is 12.8 Å². The van der Waals surface area contributed by atoms with E-state index in [4.69, 9.17) is 11.6 Å². The van der Waals surface area contributed by atoms with Crippen LogP contribution < -0.4 is 0 Å². The minimum Gasteiger partial charge on any atom is -0.328 e. The quantitative estimate of drug-likeness (QED) is 0.802. The second kappa shape index (κ2) is 3.56. The molecule has 0 saturated heterocycles. The van der Waals surface area contributed by atoms with Crippen molar-refractivity contribution in [2.24, 2.45) is 0 Å². The van der Waals surface area contributed by atoms with Gasteiger partial charge in [0.05, 0.1) is 11.3 Å². The van der Waals surface area contributed by atoms with Gasteiger partial charge in [0.15, 0.2) is 5.15 Å². The van der Waals surface area contributed by atoms with E-state index in [0.29, 0.717) is 11.2 Å². The highest BCUT2D eigenvalue weighted by Gasteiger charge is 2.26. The number of imidazole rings is 1. The highest BCUT2D eigenvalue weighted by Crippen LogP contribution is 2.38. The second-order valence-corrected chi connectivity index (χ2v) is 4.44. The fourth-order valence-corrected chi connectivity index (χ4v) is 1.98. The average Bonchev–Trinajstić information content (AvgIpc) is 3.01. The number of aryl methyl sites for hydroxylation is 1. The van der Waals surface area contributed by atoms with Crippen LogP contribution in [0.3, 0.4) is 0 Å². The van der Waals surface area contributed by atoms with Gasteiger partial charge in [0.1, 0.15) is 5.82 Å². The molecule has 0 N–H and O–H groups in total. The predicted molar refractivity (Wildman–Crippen MR) is 61.3 cm³/mol. The maximum atomic E-state index is 6.06. The average molecular weight is 235 g/mol. The van der Waals surface area contributed by atoms with Gasteiger partial charge in [-0.1, -0.05) is 11.6 Å². The Hall–Kier alpha value is -1.42. The van der Waals surface area contributed by atoms with E-state index >= 15 is 0 Å². The zero-order valence-corrected chi connectivity index (χ0v) is 9.65. The Morgan fingerprint density at radius 3 is 2.94 bits per heavy atom. The molecule has 0 atom stereocenters. The van der Waals surface area contributed by atoms with Gasteiger partial charge in [0, 0.05) is 18.4 Å². The minimum atomic E-state index is 0.415. The van der Waals surface area contributed by atoms with E-state index in [2.05, 4.69) is 19.7 Å². The molecule has 0 aliphatic heterocycles. The van der Waals surface area contributed by atoms with Crippen LogP contribution in [-0.2, 0) is 0 Å². The number of hydrogen-bond acceptors (Lipinski definition) is 3. The summed E-state index contributed by atoms with van der Waals surface area (Å²) in [7, 11) is 0. The van der Waals surface area contributed by atoms with Crippen molar-refractivity contribution in [1.29, 1.82) is 0 Å². The standard InChI is InChI=1S/C11H11ClN4/c1-7-6-9(10(12)15-14-7)11-13-4-5-16(11)8-2-3-8/h4-6,8H,2-3H2,1H3. The molecule has 82 valence electrons. The van der Waals surface area contributed by atoms with E-state index in [9.17, 15) is 0 Å². The van der Waals surface area contributed by atoms with Crippen molar-refractivity contribution in [3.05, 3.63) is 29.3 Å². The van der Waals surface area contributed by atoms with Crippen molar-refractivity contribution in [2.75, 3.05) is 0 Å². The molecule has 2 aromatic heterocycles. The lowest BCUT2D eigenvalue weighted by molar-refractivity contribution is 0.748. The second-order valence-electron chi connectivity index (χ2n) is 4.08. The van der Waals surface area contributed by atoms with Crippen LogP contribution in [0, 0.1) is 6.92 Å². The summed E-state index contributed by atoms with van der Waals surface area (Å²) in [6, 6.07) is 2.51. The summed E-state index contributed by atoms with van der Waals surface area (Å²) in [5.74, 6) is 0.894. The van der Waals surface area contributed by atoms with Crippen molar-refractivity contribution >= 4 is 11.6 Å².